The summed E-state index contributed by atoms with van der Waals surface area (Å²) in [4.78, 5) is 4.92. The second-order valence-electron chi connectivity index (χ2n) is 7.51. The number of pyridine rings is 1. The van der Waals surface area contributed by atoms with Crippen LogP contribution in [0.15, 0.2) is 36.4 Å². The number of aryl methyl sites for hydroxylation is 2. The Labute approximate surface area is 149 Å². The van der Waals surface area contributed by atoms with Gasteiger partial charge in [0.1, 0.15) is 22.9 Å². The van der Waals surface area contributed by atoms with Crippen molar-refractivity contribution in [3.63, 3.8) is 0 Å². The monoisotopic (exact) mass is 337 g/mol. The maximum Gasteiger partial charge on any atom is 0.139 e. The summed E-state index contributed by atoms with van der Waals surface area (Å²) in [6.45, 7) is 13.4. The Morgan fingerprint density at radius 2 is 1.76 bits per heavy atom. The van der Waals surface area contributed by atoms with Crippen molar-refractivity contribution in [2.24, 2.45) is 0 Å². The van der Waals surface area contributed by atoms with E-state index in [1.807, 2.05) is 19.1 Å². The standard InChI is InChI=1S/C21H27N3O/c1-7-25-17-10-8-16(9-11-17)19-20(23-21(4,5)6)24-15(3)12-14(2)13-18(24)22-19/h8-13,23H,7H2,1-6H3. The number of nitrogens with zero attached hydrogens (tertiary/aromatic N) is 2. The van der Waals surface area contributed by atoms with Crippen LogP contribution in [0.3, 0.4) is 0 Å². The quantitative estimate of drug-likeness (QED) is 0.708. The Balaban J connectivity index is 2.19. The van der Waals surface area contributed by atoms with Crippen molar-refractivity contribution in [3.05, 3.63) is 47.7 Å². The molecule has 0 aliphatic heterocycles. The lowest BCUT2D eigenvalue weighted by molar-refractivity contribution is 0.340. The lowest BCUT2D eigenvalue weighted by Gasteiger charge is -2.23. The van der Waals surface area contributed by atoms with E-state index >= 15 is 0 Å². The number of benzene rings is 1. The molecule has 0 spiro atoms. The molecule has 25 heavy (non-hydrogen) atoms. The highest BCUT2D eigenvalue weighted by molar-refractivity contribution is 5.77. The number of aromatic nitrogens is 2. The topological polar surface area (TPSA) is 38.6 Å². The molecule has 0 saturated carbocycles. The molecule has 132 valence electrons. The van der Waals surface area contributed by atoms with Gasteiger partial charge in [0.2, 0.25) is 0 Å². The van der Waals surface area contributed by atoms with E-state index < -0.39 is 0 Å². The third-order valence-electron chi connectivity index (χ3n) is 3.98. The Morgan fingerprint density at radius 1 is 1.08 bits per heavy atom. The van der Waals surface area contributed by atoms with E-state index in [9.17, 15) is 0 Å². The first kappa shape index (κ1) is 17.3. The highest BCUT2D eigenvalue weighted by atomic mass is 16.5. The number of fused-ring (bicyclic) bond motifs is 1. The molecule has 2 heterocycles. The smallest absolute Gasteiger partial charge is 0.139 e. The number of hydrogen-bond acceptors (Lipinski definition) is 3. The van der Waals surface area contributed by atoms with Gasteiger partial charge in [0.25, 0.3) is 0 Å². The van der Waals surface area contributed by atoms with Gasteiger partial charge in [-0.15, -0.1) is 0 Å². The normalized spacial score (nSPS) is 11.8. The summed E-state index contributed by atoms with van der Waals surface area (Å²) in [5.74, 6) is 1.91. The molecule has 1 N–H and O–H groups in total. The number of ether oxygens (including phenoxy) is 1. The van der Waals surface area contributed by atoms with Gasteiger partial charge < -0.3 is 10.1 Å². The first-order valence-electron chi connectivity index (χ1n) is 8.79. The molecular weight excluding hydrogens is 310 g/mol. The van der Waals surface area contributed by atoms with Gasteiger partial charge in [0.15, 0.2) is 0 Å². The summed E-state index contributed by atoms with van der Waals surface area (Å²) in [6, 6.07) is 12.5. The van der Waals surface area contributed by atoms with Crippen LogP contribution < -0.4 is 10.1 Å². The minimum Gasteiger partial charge on any atom is -0.494 e. The summed E-state index contributed by atoms with van der Waals surface area (Å²) in [6.07, 6.45) is 0. The maximum atomic E-state index is 5.56. The number of anilines is 1. The zero-order chi connectivity index (χ0) is 18.2. The second-order valence-corrected chi connectivity index (χ2v) is 7.51. The fraction of sp³-hybridized carbons (Fsp3) is 0.381. The van der Waals surface area contributed by atoms with Crippen LogP contribution in [0.5, 0.6) is 5.75 Å². The maximum absolute atomic E-state index is 5.56. The van der Waals surface area contributed by atoms with Gasteiger partial charge >= 0.3 is 0 Å². The second kappa shape index (κ2) is 6.43. The summed E-state index contributed by atoms with van der Waals surface area (Å²) in [5, 5.41) is 3.64. The average Bonchev–Trinajstić information content (AvgIpc) is 2.85. The fourth-order valence-electron chi connectivity index (χ4n) is 3.08. The number of rotatable bonds is 4. The number of imidazole rings is 1. The molecule has 0 aliphatic carbocycles. The molecule has 0 radical (unpaired) electrons. The molecule has 2 aromatic heterocycles. The number of hydrogen-bond donors (Lipinski definition) is 1. The van der Waals surface area contributed by atoms with Crippen LogP contribution in [0, 0.1) is 13.8 Å². The molecule has 0 bridgehead atoms. The van der Waals surface area contributed by atoms with Gasteiger partial charge in [-0.05, 0) is 83.5 Å². The van der Waals surface area contributed by atoms with Crippen molar-refractivity contribution in [2.45, 2.75) is 47.1 Å². The molecule has 0 unspecified atom stereocenters. The lowest BCUT2D eigenvalue weighted by atomic mass is 10.1. The van der Waals surface area contributed by atoms with Crippen molar-refractivity contribution < 1.29 is 4.74 Å². The van der Waals surface area contributed by atoms with Crippen molar-refractivity contribution in [2.75, 3.05) is 11.9 Å². The molecule has 4 heteroatoms. The molecule has 0 atom stereocenters. The van der Waals surface area contributed by atoms with Crippen LogP contribution in [0.25, 0.3) is 16.9 Å². The van der Waals surface area contributed by atoms with Gasteiger partial charge in [0.05, 0.1) is 6.61 Å². The van der Waals surface area contributed by atoms with Crippen molar-refractivity contribution in [3.8, 4) is 17.0 Å². The summed E-state index contributed by atoms with van der Waals surface area (Å²) in [5.41, 5.74) is 5.34. The van der Waals surface area contributed by atoms with Crippen LogP contribution in [0.1, 0.15) is 39.0 Å². The van der Waals surface area contributed by atoms with Crippen molar-refractivity contribution >= 4 is 11.5 Å². The lowest BCUT2D eigenvalue weighted by Crippen LogP contribution is -2.27. The van der Waals surface area contributed by atoms with Crippen LogP contribution in [-0.2, 0) is 0 Å². The van der Waals surface area contributed by atoms with E-state index in [0.717, 1.165) is 28.5 Å². The average molecular weight is 337 g/mol. The van der Waals surface area contributed by atoms with Gasteiger partial charge in [-0.2, -0.15) is 0 Å². The molecule has 0 fully saturated rings. The molecule has 4 nitrogen and oxygen atoms in total. The summed E-state index contributed by atoms with van der Waals surface area (Å²) >= 11 is 0. The van der Waals surface area contributed by atoms with Gasteiger partial charge in [-0.25, -0.2) is 4.98 Å². The van der Waals surface area contributed by atoms with Crippen LogP contribution in [0.2, 0.25) is 0 Å². The minimum absolute atomic E-state index is 0.0622. The third-order valence-corrected chi connectivity index (χ3v) is 3.98. The highest BCUT2D eigenvalue weighted by Crippen LogP contribution is 2.33. The molecule has 0 saturated heterocycles. The predicted molar refractivity (Wildman–Crippen MR) is 105 cm³/mol. The predicted octanol–water partition coefficient (Wildman–Crippen LogP) is 5.23. The van der Waals surface area contributed by atoms with E-state index in [0.29, 0.717) is 6.61 Å². The van der Waals surface area contributed by atoms with E-state index in [2.05, 4.69) is 68.6 Å². The van der Waals surface area contributed by atoms with E-state index in [-0.39, 0.29) is 5.54 Å². The van der Waals surface area contributed by atoms with E-state index in [1.165, 1.54) is 11.3 Å². The zero-order valence-corrected chi connectivity index (χ0v) is 16.0. The Morgan fingerprint density at radius 3 is 2.36 bits per heavy atom. The fourth-order valence-corrected chi connectivity index (χ4v) is 3.08. The molecule has 3 aromatic rings. The third kappa shape index (κ3) is 3.63. The molecule has 3 rings (SSSR count). The van der Waals surface area contributed by atoms with E-state index in [4.69, 9.17) is 9.72 Å². The first-order valence-corrected chi connectivity index (χ1v) is 8.79. The Hall–Kier alpha value is -2.49. The van der Waals surface area contributed by atoms with Crippen molar-refractivity contribution in [1.29, 1.82) is 0 Å². The largest absolute Gasteiger partial charge is 0.494 e. The van der Waals surface area contributed by atoms with Gasteiger partial charge in [-0.1, -0.05) is 0 Å². The SMILES string of the molecule is CCOc1ccc(-c2nc3cc(C)cc(C)n3c2NC(C)(C)C)cc1. The minimum atomic E-state index is -0.0622. The van der Waals surface area contributed by atoms with Gasteiger partial charge in [0, 0.05) is 16.8 Å². The summed E-state index contributed by atoms with van der Waals surface area (Å²) in [7, 11) is 0. The molecule has 0 aliphatic rings. The summed E-state index contributed by atoms with van der Waals surface area (Å²) < 4.78 is 7.76. The molecular formula is C21H27N3O. The van der Waals surface area contributed by atoms with E-state index in [1.54, 1.807) is 0 Å². The Kier molecular flexibility index (Phi) is 4.46. The van der Waals surface area contributed by atoms with Crippen LogP contribution in [0.4, 0.5) is 5.82 Å². The van der Waals surface area contributed by atoms with Crippen LogP contribution in [-0.4, -0.2) is 21.5 Å². The zero-order valence-electron chi connectivity index (χ0n) is 16.0. The highest BCUT2D eigenvalue weighted by Gasteiger charge is 2.20. The first-order chi connectivity index (χ1) is 11.8. The van der Waals surface area contributed by atoms with Crippen LogP contribution >= 0.6 is 0 Å². The Bertz CT molecular complexity index is 886. The number of nitrogens with one attached hydrogen (secondary N) is 1. The molecule has 0 amide bonds. The molecule has 1 aromatic carbocycles. The van der Waals surface area contributed by atoms with Gasteiger partial charge in [-0.3, -0.25) is 4.40 Å². The van der Waals surface area contributed by atoms with Crippen molar-refractivity contribution in [1.82, 2.24) is 9.38 Å².